The molecule has 1 aliphatic rings. The number of hydrogen-bond acceptors (Lipinski definition) is 6. The van der Waals surface area contributed by atoms with Crippen LogP contribution in [0.3, 0.4) is 0 Å². The number of ketones is 1. The van der Waals surface area contributed by atoms with Crippen LogP contribution in [0.5, 0.6) is 0 Å². The molecular formula is C13H18N2O5S2. The van der Waals surface area contributed by atoms with E-state index in [9.17, 15) is 18.0 Å². The molecule has 1 fully saturated rings. The number of rotatable bonds is 5. The first-order chi connectivity index (χ1) is 10.3. The summed E-state index contributed by atoms with van der Waals surface area (Å²) >= 11 is 1.22. The molecule has 0 aliphatic carbocycles. The fourth-order valence-electron chi connectivity index (χ4n) is 2.07. The lowest BCUT2D eigenvalue weighted by Gasteiger charge is -2.31. The number of thiophene rings is 1. The average molecular weight is 346 g/mol. The predicted molar refractivity (Wildman–Crippen MR) is 82.8 cm³/mol. The molecule has 7 nitrogen and oxygen atoms in total. The third kappa shape index (κ3) is 4.35. The highest BCUT2D eigenvalue weighted by molar-refractivity contribution is 7.88. The maximum Gasteiger partial charge on any atom is 0.252 e. The third-order valence-electron chi connectivity index (χ3n) is 3.27. The number of sulfonamides is 1. The van der Waals surface area contributed by atoms with Crippen LogP contribution in [0.15, 0.2) is 11.4 Å². The van der Waals surface area contributed by atoms with Crippen LogP contribution in [0.1, 0.15) is 27.0 Å². The number of nitrogens with zero attached hydrogens (tertiary/aromatic N) is 1. The lowest BCUT2D eigenvalue weighted by Crippen LogP contribution is -2.49. The molecule has 1 aliphatic heterocycles. The van der Waals surface area contributed by atoms with E-state index in [1.54, 1.807) is 11.4 Å². The number of ether oxygens (including phenoxy) is 1. The quantitative estimate of drug-likeness (QED) is 0.776. The third-order valence-corrected chi connectivity index (χ3v) is 5.57. The van der Waals surface area contributed by atoms with Gasteiger partial charge in [-0.1, -0.05) is 0 Å². The number of carbonyl (C=O) groups is 2. The van der Waals surface area contributed by atoms with Gasteiger partial charge in [0.1, 0.15) is 0 Å². The zero-order valence-electron chi connectivity index (χ0n) is 12.4. The van der Waals surface area contributed by atoms with Gasteiger partial charge in [0, 0.05) is 25.0 Å². The molecule has 2 rings (SSSR count). The number of amides is 1. The van der Waals surface area contributed by atoms with Crippen LogP contribution >= 0.6 is 11.3 Å². The first-order valence-corrected chi connectivity index (χ1v) is 9.44. The van der Waals surface area contributed by atoms with Gasteiger partial charge in [0.2, 0.25) is 10.0 Å². The van der Waals surface area contributed by atoms with Crippen molar-refractivity contribution in [3.8, 4) is 0 Å². The van der Waals surface area contributed by atoms with E-state index >= 15 is 0 Å². The lowest BCUT2D eigenvalue weighted by atomic mass is 10.2. The van der Waals surface area contributed by atoms with Gasteiger partial charge in [0.15, 0.2) is 5.78 Å². The minimum absolute atomic E-state index is 0.0801. The van der Waals surface area contributed by atoms with Gasteiger partial charge in [0.05, 0.1) is 29.4 Å². The zero-order chi connectivity index (χ0) is 16.3. The second-order valence-corrected chi connectivity index (χ2v) is 7.97. The summed E-state index contributed by atoms with van der Waals surface area (Å²) in [6.45, 7) is 2.52. The number of carbonyl (C=O) groups excluding carboxylic acids is 2. The summed E-state index contributed by atoms with van der Waals surface area (Å²) in [5, 5.41) is 4.32. The van der Waals surface area contributed by atoms with E-state index in [1.807, 2.05) is 0 Å². The molecule has 0 saturated carbocycles. The Labute approximate surface area is 133 Å². The predicted octanol–water partition coefficient (Wildman–Crippen LogP) is 0.341. The molecule has 0 radical (unpaired) electrons. The molecular weight excluding hydrogens is 328 g/mol. The van der Waals surface area contributed by atoms with Crippen LogP contribution in [0, 0.1) is 0 Å². The molecule has 9 heteroatoms. The van der Waals surface area contributed by atoms with Crippen molar-refractivity contribution >= 4 is 33.1 Å². The molecule has 1 N–H and O–H groups in total. The van der Waals surface area contributed by atoms with Crippen molar-refractivity contribution in [2.24, 2.45) is 0 Å². The Hall–Kier alpha value is -1.29. The van der Waals surface area contributed by atoms with Gasteiger partial charge >= 0.3 is 0 Å². The first kappa shape index (κ1) is 17.1. The smallest absolute Gasteiger partial charge is 0.252 e. The van der Waals surface area contributed by atoms with E-state index in [0.29, 0.717) is 23.6 Å². The minimum atomic E-state index is -3.25. The molecule has 1 aromatic rings. The normalized spacial score (nSPS) is 19.8. The second-order valence-electron chi connectivity index (χ2n) is 5.08. The van der Waals surface area contributed by atoms with Crippen LogP contribution < -0.4 is 5.32 Å². The highest BCUT2D eigenvalue weighted by Crippen LogP contribution is 2.15. The molecule has 0 aromatic carbocycles. The summed E-state index contributed by atoms with van der Waals surface area (Å²) in [6.07, 6.45) is 0.779. The Morgan fingerprint density at radius 3 is 2.82 bits per heavy atom. The Balaban J connectivity index is 1.89. The van der Waals surface area contributed by atoms with E-state index in [0.717, 1.165) is 6.26 Å². The summed E-state index contributed by atoms with van der Waals surface area (Å²) in [7, 11) is -3.25. The lowest BCUT2D eigenvalue weighted by molar-refractivity contribution is 0.000440. The molecule has 0 bridgehead atoms. The van der Waals surface area contributed by atoms with E-state index in [2.05, 4.69) is 5.32 Å². The van der Waals surface area contributed by atoms with Crippen molar-refractivity contribution in [1.82, 2.24) is 9.62 Å². The van der Waals surface area contributed by atoms with Crippen molar-refractivity contribution < 1.29 is 22.7 Å². The Kier molecular flexibility index (Phi) is 5.32. The van der Waals surface area contributed by atoms with Crippen LogP contribution in [-0.4, -0.2) is 63.0 Å². The van der Waals surface area contributed by atoms with Gasteiger partial charge < -0.3 is 10.1 Å². The van der Waals surface area contributed by atoms with Crippen molar-refractivity contribution in [2.45, 2.75) is 13.0 Å². The molecule has 1 atom stereocenters. The molecule has 122 valence electrons. The fraction of sp³-hybridized carbons (Fsp3) is 0.538. The summed E-state index contributed by atoms with van der Waals surface area (Å²) in [4.78, 5) is 23.7. The van der Waals surface area contributed by atoms with Gasteiger partial charge in [0.25, 0.3) is 5.91 Å². The van der Waals surface area contributed by atoms with Gasteiger partial charge in [-0.2, -0.15) is 4.31 Å². The largest absolute Gasteiger partial charge is 0.374 e. The molecule has 1 saturated heterocycles. The molecule has 0 unspecified atom stereocenters. The van der Waals surface area contributed by atoms with Crippen molar-refractivity contribution in [1.29, 1.82) is 0 Å². The SMILES string of the molecule is CC(=O)c1cc(C(=O)NC[C@H]2CN(S(C)(=O)=O)CCO2)cs1. The van der Waals surface area contributed by atoms with Crippen LogP contribution in [0.25, 0.3) is 0 Å². The summed E-state index contributed by atoms with van der Waals surface area (Å²) in [5.41, 5.74) is 0.422. The minimum Gasteiger partial charge on any atom is -0.374 e. The maximum absolute atomic E-state index is 12.0. The zero-order valence-corrected chi connectivity index (χ0v) is 14.0. The monoisotopic (exact) mass is 346 g/mol. The Bertz CT molecular complexity index is 668. The summed E-state index contributed by atoms with van der Waals surface area (Å²) in [5.74, 6) is -0.382. The van der Waals surface area contributed by atoms with Gasteiger partial charge in [-0.05, 0) is 13.0 Å². The Morgan fingerprint density at radius 1 is 1.50 bits per heavy atom. The summed E-state index contributed by atoms with van der Waals surface area (Å²) < 4.78 is 29.8. The average Bonchev–Trinajstić information content (AvgIpc) is 2.94. The maximum atomic E-state index is 12.0. The van der Waals surface area contributed by atoms with E-state index in [-0.39, 0.29) is 30.9 Å². The molecule has 0 spiro atoms. The first-order valence-electron chi connectivity index (χ1n) is 6.72. The number of Topliss-reactive ketones (excluding diaryl/α,β-unsaturated/α-hetero) is 1. The molecule has 1 amide bonds. The summed E-state index contributed by atoms with van der Waals surface area (Å²) in [6, 6.07) is 1.55. The van der Waals surface area contributed by atoms with Crippen molar-refractivity contribution in [3.05, 3.63) is 21.9 Å². The highest BCUT2D eigenvalue weighted by atomic mass is 32.2. The highest BCUT2D eigenvalue weighted by Gasteiger charge is 2.26. The van der Waals surface area contributed by atoms with Gasteiger partial charge in [-0.15, -0.1) is 11.3 Å². The van der Waals surface area contributed by atoms with Crippen LogP contribution in [0.2, 0.25) is 0 Å². The van der Waals surface area contributed by atoms with Crippen LogP contribution in [-0.2, 0) is 14.8 Å². The van der Waals surface area contributed by atoms with Gasteiger partial charge in [-0.25, -0.2) is 8.42 Å². The fourth-order valence-corrected chi connectivity index (χ4v) is 3.70. The number of hydrogen-bond donors (Lipinski definition) is 1. The molecule has 22 heavy (non-hydrogen) atoms. The van der Waals surface area contributed by atoms with E-state index in [1.165, 1.54) is 22.6 Å². The number of nitrogens with one attached hydrogen (secondary N) is 1. The Morgan fingerprint density at radius 2 is 2.23 bits per heavy atom. The van der Waals surface area contributed by atoms with Crippen molar-refractivity contribution in [2.75, 3.05) is 32.5 Å². The standard InChI is InChI=1S/C13H18N2O5S2/c1-9(16)12-5-10(8-21-12)13(17)14-6-11-7-15(3-4-20-11)22(2,18)19/h5,8,11H,3-4,6-7H2,1-2H3,(H,14,17)/t11-/m0/s1. The second kappa shape index (κ2) is 6.86. The molecule has 2 heterocycles. The topological polar surface area (TPSA) is 92.8 Å². The van der Waals surface area contributed by atoms with Crippen molar-refractivity contribution in [3.63, 3.8) is 0 Å². The van der Waals surface area contributed by atoms with E-state index in [4.69, 9.17) is 4.74 Å². The van der Waals surface area contributed by atoms with Crippen LogP contribution in [0.4, 0.5) is 0 Å². The molecule has 1 aromatic heterocycles. The number of morpholine rings is 1. The van der Waals surface area contributed by atoms with Gasteiger partial charge in [-0.3, -0.25) is 9.59 Å². The van der Waals surface area contributed by atoms with E-state index < -0.39 is 10.0 Å².